The number of aromatic nitrogens is 5. The molecule has 0 bridgehead atoms. The molecule has 1 unspecified atom stereocenters. The highest BCUT2D eigenvalue weighted by Crippen LogP contribution is 2.33. The van der Waals surface area contributed by atoms with Crippen LogP contribution in [0.5, 0.6) is 5.75 Å². The minimum atomic E-state index is 0.263. The van der Waals surface area contributed by atoms with E-state index in [9.17, 15) is 4.79 Å². The van der Waals surface area contributed by atoms with Crippen LogP contribution in [0.2, 0.25) is 0 Å². The number of pyridine rings is 1. The van der Waals surface area contributed by atoms with E-state index in [2.05, 4.69) is 50.0 Å². The number of ether oxygens (including phenoxy) is 1. The first-order chi connectivity index (χ1) is 18.5. The number of benzene rings is 1. The molecule has 1 aliphatic carbocycles. The standard InChI is InChI=1S/C29H33N7O2/c1-18-28(38-3)27(32-17-31-18)22-6-7-24-25(15-22)34-26(33-24)16-23-14-21(8-9-30-23)19(2)35-10-12-36(13-11-35)29(37)20-4-5-20/h6-9,14-15,17,19-20H,4-5,10-13,16H2,1-3H3,(H,33,34). The van der Waals surface area contributed by atoms with Crippen molar-refractivity contribution in [2.75, 3.05) is 33.3 Å². The number of nitrogens with zero attached hydrogens (tertiary/aromatic N) is 6. The maximum atomic E-state index is 12.4. The molecule has 3 aromatic heterocycles. The van der Waals surface area contributed by atoms with Gasteiger partial charge in [0.15, 0.2) is 5.75 Å². The number of imidazole rings is 1. The summed E-state index contributed by atoms with van der Waals surface area (Å²) < 4.78 is 5.55. The zero-order chi connectivity index (χ0) is 26.2. The number of hydrogen-bond acceptors (Lipinski definition) is 7. The van der Waals surface area contributed by atoms with E-state index in [0.717, 1.165) is 78.5 Å². The summed E-state index contributed by atoms with van der Waals surface area (Å²) in [7, 11) is 1.64. The van der Waals surface area contributed by atoms with Crippen LogP contribution in [0.1, 0.15) is 48.6 Å². The number of nitrogens with one attached hydrogen (secondary N) is 1. The molecule has 38 heavy (non-hydrogen) atoms. The van der Waals surface area contributed by atoms with Gasteiger partial charge in [-0.15, -0.1) is 0 Å². The number of amides is 1. The Balaban J connectivity index is 1.16. The van der Waals surface area contributed by atoms with Crippen LogP contribution in [0.15, 0.2) is 42.9 Å². The van der Waals surface area contributed by atoms with Crippen LogP contribution in [0.4, 0.5) is 0 Å². The summed E-state index contributed by atoms with van der Waals surface area (Å²) >= 11 is 0. The molecule has 1 aromatic carbocycles. The average Bonchev–Trinajstić information content (AvgIpc) is 3.72. The largest absolute Gasteiger partial charge is 0.493 e. The van der Waals surface area contributed by atoms with Crippen LogP contribution in [-0.2, 0) is 11.2 Å². The van der Waals surface area contributed by atoms with Crippen molar-refractivity contribution in [1.29, 1.82) is 0 Å². The van der Waals surface area contributed by atoms with Gasteiger partial charge in [-0.3, -0.25) is 14.7 Å². The quantitative estimate of drug-likeness (QED) is 0.401. The molecule has 4 aromatic rings. The van der Waals surface area contributed by atoms with Crippen molar-refractivity contribution < 1.29 is 9.53 Å². The van der Waals surface area contributed by atoms with Crippen molar-refractivity contribution in [2.24, 2.45) is 5.92 Å². The van der Waals surface area contributed by atoms with Gasteiger partial charge < -0.3 is 14.6 Å². The molecule has 9 nitrogen and oxygen atoms in total. The van der Waals surface area contributed by atoms with Crippen molar-refractivity contribution in [3.63, 3.8) is 0 Å². The molecule has 1 atom stereocenters. The van der Waals surface area contributed by atoms with E-state index in [1.165, 1.54) is 5.56 Å². The van der Waals surface area contributed by atoms with Crippen molar-refractivity contribution in [2.45, 2.75) is 39.2 Å². The van der Waals surface area contributed by atoms with E-state index in [-0.39, 0.29) is 6.04 Å². The number of carbonyl (C=O) groups excluding carboxylic acids is 1. The summed E-state index contributed by atoms with van der Waals surface area (Å²) in [5.41, 5.74) is 6.57. The summed E-state index contributed by atoms with van der Waals surface area (Å²) in [5, 5.41) is 0. The Labute approximate surface area is 222 Å². The fourth-order valence-corrected chi connectivity index (χ4v) is 5.36. The van der Waals surface area contributed by atoms with E-state index in [4.69, 9.17) is 9.72 Å². The second-order valence-electron chi connectivity index (χ2n) is 10.3. The number of hydrogen-bond donors (Lipinski definition) is 1. The van der Waals surface area contributed by atoms with Crippen molar-refractivity contribution in [1.82, 2.24) is 34.7 Å². The predicted molar refractivity (Wildman–Crippen MR) is 145 cm³/mol. The van der Waals surface area contributed by atoms with Crippen molar-refractivity contribution in [3.05, 3.63) is 65.6 Å². The lowest BCUT2D eigenvalue weighted by atomic mass is 10.1. The summed E-state index contributed by atoms with van der Waals surface area (Å²) in [5.74, 6) is 2.20. The van der Waals surface area contributed by atoms with Crippen LogP contribution in [0.25, 0.3) is 22.3 Å². The molecule has 2 fully saturated rings. The van der Waals surface area contributed by atoms with Gasteiger partial charge in [-0.2, -0.15) is 0 Å². The maximum Gasteiger partial charge on any atom is 0.225 e. The van der Waals surface area contributed by atoms with Gasteiger partial charge in [0, 0.05) is 62.0 Å². The average molecular weight is 512 g/mol. The number of fused-ring (bicyclic) bond motifs is 1. The molecular weight excluding hydrogens is 478 g/mol. The lowest BCUT2D eigenvalue weighted by Crippen LogP contribution is -2.49. The van der Waals surface area contributed by atoms with E-state index in [0.29, 0.717) is 24.0 Å². The fraction of sp³-hybridized carbons (Fsp3) is 0.414. The third kappa shape index (κ3) is 4.86. The Morgan fingerprint density at radius 3 is 2.68 bits per heavy atom. The van der Waals surface area contributed by atoms with Gasteiger partial charge in [-0.1, -0.05) is 6.07 Å². The maximum absolute atomic E-state index is 12.4. The fourth-order valence-electron chi connectivity index (χ4n) is 5.36. The molecule has 1 saturated carbocycles. The first-order valence-electron chi connectivity index (χ1n) is 13.3. The third-order valence-electron chi connectivity index (χ3n) is 7.76. The number of aryl methyl sites for hydroxylation is 1. The molecule has 196 valence electrons. The lowest BCUT2D eigenvalue weighted by molar-refractivity contribution is -0.134. The second kappa shape index (κ2) is 10.1. The molecule has 4 heterocycles. The molecule has 9 heteroatoms. The minimum Gasteiger partial charge on any atom is -0.493 e. The van der Waals surface area contributed by atoms with Crippen LogP contribution in [0.3, 0.4) is 0 Å². The Morgan fingerprint density at radius 1 is 1.11 bits per heavy atom. The molecule has 1 aliphatic heterocycles. The summed E-state index contributed by atoms with van der Waals surface area (Å²) in [4.78, 5) is 38.5. The molecule has 0 spiro atoms. The molecule has 1 amide bonds. The highest BCUT2D eigenvalue weighted by molar-refractivity contribution is 5.83. The predicted octanol–water partition coefficient (Wildman–Crippen LogP) is 3.94. The van der Waals surface area contributed by atoms with Gasteiger partial charge in [-0.05, 0) is 56.5 Å². The monoisotopic (exact) mass is 511 g/mol. The normalized spacial score (nSPS) is 17.1. The minimum absolute atomic E-state index is 0.263. The van der Waals surface area contributed by atoms with Gasteiger partial charge in [-0.25, -0.2) is 15.0 Å². The number of carbonyl (C=O) groups is 1. The van der Waals surface area contributed by atoms with E-state index in [1.807, 2.05) is 30.2 Å². The van der Waals surface area contributed by atoms with Crippen LogP contribution in [-0.4, -0.2) is 73.9 Å². The number of H-pyrrole nitrogens is 1. The molecular formula is C29H33N7O2. The highest BCUT2D eigenvalue weighted by atomic mass is 16.5. The van der Waals surface area contributed by atoms with Crippen LogP contribution >= 0.6 is 0 Å². The third-order valence-corrected chi connectivity index (χ3v) is 7.76. The number of rotatable bonds is 7. The molecule has 1 N–H and O–H groups in total. The first-order valence-corrected chi connectivity index (χ1v) is 13.3. The topological polar surface area (TPSA) is 100 Å². The van der Waals surface area contributed by atoms with E-state index >= 15 is 0 Å². The van der Waals surface area contributed by atoms with E-state index < -0.39 is 0 Å². The molecule has 2 aliphatic rings. The van der Waals surface area contributed by atoms with Gasteiger partial charge >= 0.3 is 0 Å². The zero-order valence-corrected chi connectivity index (χ0v) is 22.1. The number of aromatic amines is 1. The lowest BCUT2D eigenvalue weighted by Gasteiger charge is -2.38. The SMILES string of the molecule is COc1c(C)ncnc1-c1ccc2nc(Cc3cc(C(C)N4CCN(C(=O)C5CC5)CC4)ccn3)[nH]c2c1. The smallest absolute Gasteiger partial charge is 0.225 e. The molecule has 0 radical (unpaired) electrons. The van der Waals surface area contributed by atoms with Gasteiger partial charge in [0.25, 0.3) is 0 Å². The Kier molecular flexibility index (Phi) is 6.53. The van der Waals surface area contributed by atoms with E-state index in [1.54, 1.807) is 13.4 Å². The molecule has 6 rings (SSSR count). The van der Waals surface area contributed by atoms with Gasteiger partial charge in [0.2, 0.25) is 5.91 Å². The van der Waals surface area contributed by atoms with Crippen molar-refractivity contribution >= 4 is 16.9 Å². The van der Waals surface area contributed by atoms with Crippen LogP contribution < -0.4 is 4.74 Å². The first kappa shape index (κ1) is 24.5. The highest BCUT2D eigenvalue weighted by Gasteiger charge is 2.35. The summed E-state index contributed by atoms with van der Waals surface area (Å²) in [6.07, 6.45) is 6.20. The zero-order valence-electron chi connectivity index (χ0n) is 22.1. The second-order valence-corrected chi connectivity index (χ2v) is 10.3. The van der Waals surface area contributed by atoms with Gasteiger partial charge in [0.05, 0.1) is 23.8 Å². The van der Waals surface area contributed by atoms with Crippen LogP contribution in [0, 0.1) is 12.8 Å². The number of piperazine rings is 1. The summed E-state index contributed by atoms with van der Waals surface area (Å²) in [6.45, 7) is 7.59. The summed E-state index contributed by atoms with van der Waals surface area (Å²) in [6, 6.07) is 10.6. The Morgan fingerprint density at radius 2 is 1.92 bits per heavy atom. The Hall–Kier alpha value is -3.85. The number of methoxy groups -OCH3 is 1. The molecule has 1 saturated heterocycles. The van der Waals surface area contributed by atoms with Crippen molar-refractivity contribution in [3.8, 4) is 17.0 Å². The Bertz CT molecular complexity index is 1470. The van der Waals surface area contributed by atoms with Gasteiger partial charge in [0.1, 0.15) is 17.8 Å².